The maximum Gasteiger partial charge on any atom is 0.335 e. The average Bonchev–Trinajstić information content (AvgIpc) is 3.02. The van der Waals surface area contributed by atoms with Crippen LogP contribution in [0, 0.1) is 0 Å². The second kappa shape index (κ2) is 7.28. The standard InChI is InChI=1S/C15H17F2N3O4S/c1-3-10-4-5-11(14(21)22)8-12(10)25(23,24)19(2)9-13-18-6-7-20(13)15(16)17/h4-8,15H,3,9H2,1-2H3,(H,21,22). The summed E-state index contributed by atoms with van der Waals surface area (Å²) in [4.78, 5) is 14.7. The smallest absolute Gasteiger partial charge is 0.335 e. The van der Waals surface area contributed by atoms with Crippen molar-refractivity contribution in [2.24, 2.45) is 0 Å². The Morgan fingerprint density at radius 2 is 2.08 bits per heavy atom. The predicted molar refractivity (Wildman–Crippen MR) is 84.9 cm³/mol. The fraction of sp³-hybridized carbons (Fsp3) is 0.333. The van der Waals surface area contributed by atoms with Crippen LogP contribution in [0.3, 0.4) is 0 Å². The van der Waals surface area contributed by atoms with Crippen LogP contribution in [-0.4, -0.2) is 40.4 Å². The van der Waals surface area contributed by atoms with E-state index in [0.717, 1.165) is 22.8 Å². The molecule has 0 atom stereocenters. The molecule has 1 N–H and O–H groups in total. The van der Waals surface area contributed by atoms with Gasteiger partial charge in [0.2, 0.25) is 10.0 Å². The Morgan fingerprint density at radius 1 is 1.40 bits per heavy atom. The third-order valence-electron chi connectivity index (χ3n) is 3.71. The fourth-order valence-corrected chi connectivity index (χ4v) is 3.76. The number of aryl methyl sites for hydroxylation is 1. The molecular formula is C15H17F2N3O4S. The van der Waals surface area contributed by atoms with E-state index in [0.29, 0.717) is 16.6 Å². The normalized spacial score (nSPS) is 12.1. The predicted octanol–water partition coefficient (Wildman–Crippen LogP) is 2.36. The molecule has 0 amide bonds. The van der Waals surface area contributed by atoms with Crippen LogP contribution in [0.1, 0.15) is 35.2 Å². The van der Waals surface area contributed by atoms with Gasteiger partial charge in [0, 0.05) is 19.4 Å². The lowest BCUT2D eigenvalue weighted by atomic mass is 10.1. The van der Waals surface area contributed by atoms with Gasteiger partial charge in [-0.2, -0.15) is 13.1 Å². The summed E-state index contributed by atoms with van der Waals surface area (Å²) >= 11 is 0. The Kier molecular flexibility index (Phi) is 5.53. The summed E-state index contributed by atoms with van der Waals surface area (Å²) in [6.45, 7) is -1.48. The average molecular weight is 373 g/mol. The van der Waals surface area contributed by atoms with Gasteiger partial charge in [0.25, 0.3) is 0 Å². The van der Waals surface area contributed by atoms with Crippen LogP contribution in [0.2, 0.25) is 0 Å². The van der Waals surface area contributed by atoms with Crippen molar-refractivity contribution < 1.29 is 27.1 Å². The zero-order chi connectivity index (χ0) is 18.8. The highest BCUT2D eigenvalue weighted by atomic mass is 32.2. The van der Waals surface area contributed by atoms with Gasteiger partial charge in [-0.25, -0.2) is 18.2 Å². The van der Waals surface area contributed by atoms with Gasteiger partial charge in [-0.1, -0.05) is 13.0 Å². The Hall–Kier alpha value is -2.33. The zero-order valence-electron chi connectivity index (χ0n) is 13.6. The molecule has 10 heteroatoms. The number of alkyl halides is 2. The molecule has 7 nitrogen and oxygen atoms in total. The lowest BCUT2D eigenvalue weighted by Crippen LogP contribution is -2.29. The van der Waals surface area contributed by atoms with Gasteiger partial charge in [-0.05, 0) is 24.1 Å². The van der Waals surface area contributed by atoms with Gasteiger partial charge < -0.3 is 5.11 Å². The minimum absolute atomic E-state index is 0.117. The highest BCUT2D eigenvalue weighted by Crippen LogP contribution is 2.24. The largest absolute Gasteiger partial charge is 0.478 e. The first-order chi connectivity index (χ1) is 11.7. The molecule has 0 bridgehead atoms. The summed E-state index contributed by atoms with van der Waals surface area (Å²) in [6, 6.07) is 3.83. The first kappa shape index (κ1) is 19.0. The van der Waals surface area contributed by atoms with E-state index < -0.39 is 22.5 Å². The number of carbonyl (C=O) groups is 1. The quantitative estimate of drug-likeness (QED) is 0.804. The summed E-state index contributed by atoms with van der Waals surface area (Å²) in [6.07, 6.45) is 2.58. The van der Waals surface area contributed by atoms with Gasteiger partial charge in [0.05, 0.1) is 17.0 Å². The second-order valence-corrected chi connectivity index (χ2v) is 7.28. The van der Waals surface area contributed by atoms with Crippen molar-refractivity contribution >= 4 is 16.0 Å². The van der Waals surface area contributed by atoms with Crippen molar-refractivity contribution in [3.8, 4) is 0 Å². The first-order valence-electron chi connectivity index (χ1n) is 7.31. The number of carboxylic acids is 1. The molecule has 0 fully saturated rings. The zero-order valence-corrected chi connectivity index (χ0v) is 14.4. The molecule has 0 saturated heterocycles. The minimum Gasteiger partial charge on any atom is -0.478 e. The van der Waals surface area contributed by atoms with E-state index in [4.69, 9.17) is 5.11 Å². The van der Waals surface area contributed by atoms with Crippen molar-refractivity contribution in [2.45, 2.75) is 31.3 Å². The first-order valence-corrected chi connectivity index (χ1v) is 8.75. The number of hydrogen-bond donors (Lipinski definition) is 1. The lowest BCUT2D eigenvalue weighted by Gasteiger charge is -2.19. The van der Waals surface area contributed by atoms with Crippen molar-refractivity contribution in [1.29, 1.82) is 0 Å². The van der Waals surface area contributed by atoms with Gasteiger partial charge >= 0.3 is 12.5 Å². The summed E-state index contributed by atoms with van der Waals surface area (Å²) in [5, 5.41) is 9.08. The summed E-state index contributed by atoms with van der Waals surface area (Å²) in [5.41, 5.74) is 0.271. The molecule has 0 saturated carbocycles. The van der Waals surface area contributed by atoms with E-state index >= 15 is 0 Å². The molecule has 0 aliphatic heterocycles. The Labute approximate surface area is 143 Å². The number of nitrogens with zero attached hydrogens (tertiary/aromatic N) is 3. The highest BCUT2D eigenvalue weighted by molar-refractivity contribution is 7.89. The topological polar surface area (TPSA) is 92.5 Å². The number of hydrogen-bond acceptors (Lipinski definition) is 4. The van der Waals surface area contributed by atoms with Crippen LogP contribution in [0.15, 0.2) is 35.5 Å². The second-order valence-electron chi connectivity index (χ2n) is 5.27. The molecule has 136 valence electrons. The van der Waals surface area contributed by atoms with E-state index in [1.807, 2.05) is 0 Å². The SMILES string of the molecule is CCc1ccc(C(=O)O)cc1S(=O)(=O)N(C)Cc1nccn1C(F)F. The summed E-state index contributed by atoms with van der Waals surface area (Å²) < 4.78 is 52.8. The van der Waals surface area contributed by atoms with E-state index in [1.54, 1.807) is 6.92 Å². The molecule has 2 aromatic rings. The van der Waals surface area contributed by atoms with Crippen LogP contribution in [0.4, 0.5) is 8.78 Å². The van der Waals surface area contributed by atoms with E-state index in [-0.39, 0.29) is 22.8 Å². The molecule has 0 unspecified atom stereocenters. The number of sulfonamides is 1. The molecule has 2 rings (SSSR count). The maximum absolute atomic E-state index is 12.9. The maximum atomic E-state index is 12.9. The van der Waals surface area contributed by atoms with E-state index in [9.17, 15) is 22.0 Å². The molecule has 0 aliphatic rings. The Balaban J connectivity index is 2.42. The van der Waals surface area contributed by atoms with Crippen LogP contribution < -0.4 is 0 Å². The number of halogens is 2. The number of aromatic nitrogens is 2. The number of carboxylic acid groups (broad SMARTS) is 1. The van der Waals surface area contributed by atoms with Crippen molar-refractivity contribution in [1.82, 2.24) is 13.9 Å². The number of benzene rings is 1. The molecule has 0 radical (unpaired) electrons. The minimum atomic E-state index is -4.08. The molecule has 0 spiro atoms. The number of aromatic carboxylic acids is 1. The third kappa shape index (κ3) is 3.85. The molecule has 0 aliphatic carbocycles. The monoisotopic (exact) mass is 373 g/mol. The van der Waals surface area contributed by atoms with Crippen LogP contribution in [0.25, 0.3) is 0 Å². The third-order valence-corrected chi connectivity index (χ3v) is 5.59. The fourth-order valence-electron chi connectivity index (χ4n) is 2.32. The molecular weight excluding hydrogens is 356 g/mol. The van der Waals surface area contributed by atoms with Gasteiger partial charge in [-0.15, -0.1) is 0 Å². The molecule has 1 aromatic heterocycles. The van der Waals surface area contributed by atoms with Crippen LogP contribution in [-0.2, 0) is 23.0 Å². The van der Waals surface area contributed by atoms with Gasteiger partial charge in [-0.3, -0.25) is 4.57 Å². The van der Waals surface area contributed by atoms with Crippen molar-refractivity contribution in [3.63, 3.8) is 0 Å². The van der Waals surface area contributed by atoms with E-state index in [2.05, 4.69) is 4.98 Å². The van der Waals surface area contributed by atoms with Crippen molar-refractivity contribution in [2.75, 3.05) is 7.05 Å². The van der Waals surface area contributed by atoms with Gasteiger partial charge in [0.15, 0.2) is 0 Å². The van der Waals surface area contributed by atoms with Crippen LogP contribution in [0.5, 0.6) is 0 Å². The van der Waals surface area contributed by atoms with Gasteiger partial charge in [0.1, 0.15) is 5.82 Å². The Morgan fingerprint density at radius 3 is 2.64 bits per heavy atom. The molecule has 1 aromatic carbocycles. The van der Waals surface area contributed by atoms with Crippen LogP contribution >= 0.6 is 0 Å². The molecule has 1 heterocycles. The Bertz CT molecular complexity index is 881. The number of imidazole rings is 1. The molecule has 25 heavy (non-hydrogen) atoms. The highest BCUT2D eigenvalue weighted by Gasteiger charge is 2.26. The van der Waals surface area contributed by atoms with Crippen molar-refractivity contribution in [3.05, 3.63) is 47.5 Å². The summed E-state index contributed by atoms with van der Waals surface area (Å²) in [5.74, 6) is -1.37. The van der Waals surface area contributed by atoms with E-state index in [1.165, 1.54) is 19.2 Å². The number of rotatable bonds is 7. The lowest BCUT2D eigenvalue weighted by molar-refractivity contribution is 0.0656. The summed E-state index contributed by atoms with van der Waals surface area (Å²) in [7, 11) is -2.86.